The zero-order valence-electron chi connectivity index (χ0n) is 14.6. The standard InChI is InChI=1S/C22H18N4/c1-2-21-24-20-8-5-13-26(22(20)25-21)15-16-9-11-17(12-10-16)19-7-4-3-6-18(19)14-23/h3-13H,2,15H2,1H3. The zero-order chi connectivity index (χ0) is 17.9. The van der Waals surface area contributed by atoms with Gasteiger partial charge in [-0.15, -0.1) is 0 Å². The van der Waals surface area contributed by atoms with Gasteiger partial charge in [-0.05, 0) is 34.9 Å². The van der Waals surface area contributed by atoms with Crippen LogP contribution >= 0.6 is 0 Å². The van der Waals surface area contributed by atoms with E-state index >= 15 is 0 Å². The zero-order valence-corrected chi connectivity index (χ0v) is 14.6. The van der Waals surface area contributed by atoms with Crippen LogP contribution in [0.15, 0.2) is 66.9 Å². The Bertz CT molecular complexity index is 1050. The largest absolute Gasteiger partial charge is 0.327 e. The van der Waals surface area contributed by atoms with Crippen molar-refractivity contribution < 1.29 is 0 Å². The van der Waals surface area contributed by atoms with Crippen LogP contribution < -0.4 is 0 Å². The fourth-order valence-corrected chi connectivity index (χ4v) is 3.13. The van der Waals surface area contributed by atoms with E-state index in [9.17, 15) is 5.26 Å². The molecule has 4 heteroatoms. The molecule has 0 N–H and O–H groups in total. The van der Waals surface area contributed by atoms with Crippen molar-refractivity contribution in [3.8, 4) is 28.7 Å². The Morgan fingerprint density at radius 1 is 0.962 bits per heavy atom. The third-order valence-corrected chi connectivity index (χ3v) is 4.49. The minimum absolute atomic E-state index is 0.693. The summed E-state index contributed by atoms with van der Waals surface area (Å²) in [7, 11) is 0. The molecule has 2 heterocycles. The van der Waals surface area contributed by atoms with E-state index < -0.39 is 0 Å². The van der Waals surface area contributed by atoms with Crippen molar-refractivity contribution in [1.29, 1.82) is 5.26 Å². The molecule has 0 aromatic heterocycles. The maximum Gasteiger partial charge on any atom is 0.161 e. The van der Waals surface area contributed by atoms with E-state index in [1.807, 2.05) is 42.6 Å². The first-order valence-corrected chi connectivity index (χ1v) is 8.68. The molecule has 0 atom stereocenters. The first-order chi connectivity index (χ1) is 12.8. The molecule has 2 aromatic carbocycles. The van der Waals surface area contributed by atoms with E-state index in [1.165, 1.54) is 5.56 Å². The van der Waals surface area contributed by atoms with Crippen LogP contribution in [-0.4, -0.2) is 14.5 Å². The number of rotatable bonds is 4. The molecule has 0 bridgehead atoms. The van der Waals surface area contributed by atoms with Crippen LogP contribution in [0.4, 0.5) is 0 Å². The van der Waals surface area contributed by atoms with Crippen molar-refractivity contribution in [2.75, 3.05) is 0 Å². The Morgan fingerprint density at radius 2 is 1.77 bits per heavy atom. The predicted molar refractivity (Wildman–Crippen MR) is 102 cm³/mol. The first-order valence-electron chi connectivity index (χ1n) is 8.68. The SMILES string of the molecule is CCc1nc2cccn(Cc3ccc(-c4ccccc4C#N)cc3)c-2n1. The molecular formula is C22H18N4. The molecule has 2 aliphatic heterocycles. The van der Waals surface area contributed by atoms with Crippen molar-refractivity contribution in [3.05, 3.63) is 83.8 Å². The minimum Gasteiger partial charge on any atom is -0.327 e. The number of nitrogens with zero attached hydrogens (tertiary/aromatic N) is 4. The summed E-state index contributed by atoms with van der Waals surface area (Å²) in [4.78, 5) is 9.17. The first kappa shape index (κ1) is 16.0. The monoisotopic (exact) mass is 338 g/mol. The summed E-state index contributed by atoms with van der Waals surface area (Å²) in [6.07, 6.45) is 2.87. The number of hydrogen-bond acceptors (Lipinski definition) is 3. The Morgan fingerprint density at radius 3 is 2.54 bits per heavy atom. The summed E-state index contributed by atoms with van der Waals surface area (Å²) >= 11 is 0. The van der Waals surface area contributed by atoms with Gasteiger partial charge in [-0.1, -0.05) is 49.4 Å². The molecule has 4 nitrogen and oxygen atoms in total. The predicted octanol–water partition coefficient (Wildman–Crippen LogP) is 4.53. The molecule has 0 amide bonds. The number of nitriles is 1. The van der Waals surface area contributed by atoms with E-state index in [4.69, 9.17) is 0 Å². The summed E-state index contributed by atoms with van der Waals surface area (Å²) in [5, 5.41) is 9.29. The number of imidazole rings is 1. The van der Waals surface area contributed by atoms with E-state index in [0.29, 0.717) is 5.56 Å². The second kappa shape index (κ2) is 6.81. The Labute approximate surface area is 152 Å². The minimum atomic E-state index is 0.693. The highest BCUT2D eigenvalue weighted by Gasteiger charge is 2.13. The van der Waals surface area contributed by atoms with Gasteiger partial charge in [0.25, 0.3) is 0 Å². The van der Waals surface area contributed by atoms with Crippen LogP contribution in [0, 0.1) is 11.3 Å². The van der Waals surface area contributed by atoms with Crippen molar-refractivity contribution in [1.82, 2.24) is 14.5 Å². The van der Waals surface area contributed by atoms with E-state index in [1.54, 1.807) is 0 Å². The molecule has 126 valence electrons. The molecule has 2 aliphatic rings. The van der Waals surface area contributed by atoms with Crippen LogP contribution in [0.2, 0.25) is 0 Å². The molecule has 0 radical (unpaired) electrons. The van der Waals surface area contributed by atoms with Gasteiger partial charge in [0.1, 0.15) is 11.5 Å². The quantitative estimate of drug-likeness (QED) is 0.549. The van der Waals surface area contributed by atoms with Gasteiger partial charge >= 0.3 is 0 Å². The van der Waals surface area contributed by atoms with Gasteiger partial charge in [0.15, 0.2) is 5.82 Å². The maximum absolute atomic E-state index is 9.29. The van der Waals surface area contributed by atoms with Crippen LogP contribution in [0.25, 0.3) is 22.6 Å². The third kappa shape index (κ3) is 2.96. The van der Waals surface area contributed by atoms with Crippen molar-refractivity contribution >= 4 is 0 Å². The second-order valence-corrected chi connectivity index (χ2v) is 6.19. The van der Waals surface area contributed by atoms with Gasteiger partial charge in [0, 0.05) is 19.2 Å². The number of pyridine rings is 1. The molecule has 0 fully saturated rings. The van der Waals surface area contributed by atoms with Crippen LogP contribution in [-0.2, 0) is 13.0 Å². The molecule has 0 unspecified atom stereocenters. The van der Waals surface area contributed by atoms with Gasteiger partial charge in [-0.25, -0.2) is 9.97 Å². The lowest BCUT2D eigenvalue weighted by Gasteiger charge is -2.11. The summed E-state index contributed by atoms with van der Waals surface area (Å²) < 4.78 is 2.12. The van der Waals surface area contributed by atoms with E-state index in [0.717, 1.165) is 41.4 Å². The third-order valence-electron chi connectivity index (χ3n) is 4.49. The van der Waals surface area contributed by atoms with Gasteiger partial charge in [0.2, 0.25) is 0 Å². The molecule has 0 saturated carbocycles. The lowest BCUT2D eigenvalue weighted by atomic mass is 9.99. The van der Waals surface area contributed by atoms with Crippen molar-refractivity contribution in [2.24, 2.45) is 0 Å². The van der Waals surface area contributed by atoms with E-state index in [-0.39, 0.29) is 0 Å². The summed E-state index contributed by atoms with van der Waals surface area (Å²) in [6, 6.07) is 22.3. The maximum atomic E-state index is 9.29. The summed E-state index contributed by atoms with van der Waals surface area (Å²) in [5.74, 6) is 1.80. The molecule has 26 heavy (non-hydrogen) atoms. The molecule has 4 rings (SSSR count). The average Bonchev–Trinajstić information content (AvgIpc) is 3.13. The normalized spacial score (nSPS) is 10.8. The van der Waals surface area contributed by atoms with Gasteiger partial charge in [-0.2, -0.15) is 5.26 Å². The summed E-state index contributed by atoms with van der Waals surface area (Å²) in [6.45, 7) is 2.80. The number of benzene rings is 2. The van der Waals surface area contributed by atoms with Crippen molar-refractivity contribution in [3.63, 3.8) is 0 Å². The molecular weight excluding hydrogens is 320 g/mol. The van der Waals surface area contributed by atoms with E-state index in [2.05, 4.69) is 51.8 Å². The topological polar surface area (TPSA) is 54.5 Å². The number of fused-ring (bicyclic) bond motifs is 1. The smallest absolute Gasteiger partial charge is 0.161 e. The number of hydrogen-bond donors (Lipinski definition) is 0. The highest BCUT2D eigenvalue weighted by atomic mass is 15.1. The Kier molecular flexibility index (Phi) is 4.20. The lowest BCUT2D eigenvalue weighted by Crippen LogP contribution is -2.04. The fraction of sp³-hybridized carbons (Fsp3) is 0.136. The highest BCUT2D eigenvalue weighted by molar-refractivity contribution is 5.70. The number of aryl methyl sites for hydroxylation is 1. The number of aromatic nitrogens is 3. The summed E-state index contributed by atoms with van der Waals surface area (Å²) in [5.41, 5.74) is 4.82. The van der Waals surface area contributed by atoms with Crippen LogP contribution in [0.3, 0.4) is 0 Å². The van der Waals surface area contributed by atoms with Gasteiger partial charge in [-0.3, -0.25) is 0 Å². The lowest BCUT2D eigenvalue weighted by molar-refractivity contribution is 0.782. The van der Waals surface area contributed by atoms with Crippen LogP contribution in [0.5, 0.6) is 0 Å². The Hall–Kier alpha value is -3.45. The van der Waals surface area contributed by atoms with Crippen molar-refractivity contribution in [2.45, 2.75) is 19.9 Å². The Balaban J connectivity index is 1.63. The molecule has 0 spiro atoms. The molecule has 0 aliphatic carbocycles. The second-order valence-electron chi connectivity index (χ2n) is 6.19. The highest BCUT2D eigenvalue weighted by Crippen LogP contribution is 2.25. The van der Waals surface area contributed by atoms with Gasteiger partial charge < -0.3 is 4.57 Å². The molecule has 0 saturated heterocycles. The van der Waals surface area contributed by atoms with Crippen LogP contribution in [0.1, 0.15) is 23.9 Å². The fourth-order valence-electron chi connectivity index (χ4n) is 3.13. The van der Waals surface area contributed by atoms with Gasteiger partial charge in [0.05, 0.1) is 11.6 Å². The molecule has 2 aromatic rings. The average molecular weight is 338 g/mol.